The van der Waals surface area contributed by atoms with Crippen molar-refractivity contribution in [2.24, 2.45) is 5.73 Å². The zero-order valence-corrected chi connectivity index (χ0v) is 7.41. The first-order valence-corrected chi connectivity index (χ1v) is 3.73. The molecule has 4 N–H and O–H groups in total. The molecule has 13 heavy (non-hydrogen) atoms. The van der Waals surface area contributed by atoms with E-state index >= 15 is 0 Å². The molecule has 0 aromatic rings. The average Bonchev–Trinajstić information content (AvgIpc) is 1.96. The third-order valence-corrected chi connectivity index (χ3v) is 1.40. The molecule has 6 nitrogen and oxygen atoms in total. The van der Waals surface area contributed by atoms with Crippen molar-refractivity contribution < 1.29 is 14.7 Å². The number of carbonyl (C=O) groups excluding carboxylic acids is 1. The van der Waals surface area contributed by atoms with Crippen molar-refractivity contribution in [1.29, 1.82) is 5.41 Å². The number of nitrogens with zero attached hydrogens (tertiary/aromatic N) is 1. The van der Waals surface area contributed by atoms with Gasteiger partial charge in [-0.05, 0) is 6.92 Å². The molecule has 0 heterocycles. The Balaban J connectivity index is 4.02. The van der Waals surface area contributed by atoms with Gasteiger partial charge in [-0.15, -0.1) is 0 Å². The summed E-state index contributed by atoms with van der Waals surface area (Å²) in [7, 11) is 0. The molecule has 0 aromatic heterocycles. The molecule has 0 spiro atoms. The Morgan fingerprint density at radius 3 is 2.38 bits per heavy atom. The Morgan fingerprint density at radius 2 is 2.08 bits per heavy atom. The van der Waals surface area contributed by atoms with Crippen LogP contribution in [0, 0.1) is 5.41 Å². The molecule has 0 unspecified atom stereocenters. The Kier molecular flexibility index (Phi) is 4.50. The van der Waals surface area contributed by atoms with E-state index in [1.54, 1.807) is 0 Å². The minimum absolute atomic E-state index is 0.0587. The number of carboxylic acids is 1. The van der Waals surface area contributed by atoms with Gasteiger partial charge < -0.3 is 15.7 Å². The van der Waals surface area contributed by atoms with Gasteiger partial charge in [-0.1, -0.05) is 0 Å². The fraction of sp³-hybridized carbons (Fsp3) is 0.571. The summed E-state index contributed by atoms with van der Waals surface area (Å²) < 4.78 is 0. The van der Waals surface area contributed by atoms with Crippen LogP contribution in [0.1, 0.15) is 13.3 Å². The maximum absolute atomic E-state index is 10.6. The highest BCUT2D eigenvalue weighted by atomic mass is 16.4. The van der Waals surface area contributed by atoms with Crippen molar-refractivity contribution in [1.82, 2.24) is 4.90 Å². The zero-order chi connectivity index (χ0) is 10.4. The Bertz CT molecular complexity index is 227. The summed E-state index contributed by atoms with van der Waals surface area (Å²) in [6, 6.07) is 0. The largest absolute Gasteiger partial charge is 0.480 e. The van der Waals surface area contributed by atoms with Crippen LogP contribution in [0.25, 0.3) is 0 Å². The lowest BCUT2D eigenvalue weighted by Crippen LogP contribution is -2.41. The quantitative estimate of drug-likeness (QED) is 0.387. The molecular formula is C7H13N3O3. The molecule has 0 radical (unpaired) electrons. The number of guanidine groups is 1. The normalized spacial score (nSPS) is 9.31. The first-order valence-electron chi connectivity index (χ1n) is 3.73. The predicted molar refractivity (Wildman–Crippen MR) is 46.4 cm³/mol. The lowest BCUT2D eigenvalue weighted by molar-refractivity contribution is -0.137. The van der Waals surface area contributed by atoms with Gasteiger partial charge in [-0.2, -0.15) is 0 Å². The van der Waals surface area contributed by atoms with E-state index in [1.807, 2.05) is 0 Å². The highest BCUT2D eigenvalue weighted by Crippen LogP contribution is 1.91. The van der Waals surface area contributed by atoms with Crippen molar-refractivity contribution in [2.45, 2.75) is 13.3 Å². The number of carboxylic acid groups (broad SMARTS) is 1. The van der Waals surface area contributed by atoms with Crippen molar-refractivity contribution in [3.63, 3.8) is 0 Å². The molecule has 0 aliphatic carbocycles. The minimum atomic E-state index is -1.07. The standard InChI is InChI=1S/C7H13N3O3/c1-5(11)2-3-10(7(8)9)4-6(12)13/h2-4H2,1H3,(H3,8,9)(H,12,13). The lowest BCUT2D eigenvalue weighted by atomic mass is 10.3. The second-order valence-corrected chi connectivity index (χ2v) is 2.65. The van der Waals surface area contributed by atoms with E-state index in [9.17, 15) is 9.59 Å². The summed E-state index contributed by atoms with van der Waals surface area (Å²) in [4.78, 5) is 22.0. The molecule has 74 valence electrons. The number of hydrogen-bond donors (Lipinski definition) is 3. The third kappa shape index (κ3) is 5.66. The first-order chi connectivity index (χ1) is 5.93. The summed E-state index contributed by atoms with van der Waals surface area (Å²) in [5.74, 6) is -1.46. The van der Waals surface area contributed by atoms with Crippen LogP contribution in [0.2, 0.25) is 0 Å². The number of Topliss-reactive ketones (excluding diaryl/α,β-unsaturated/α-hetero) is 1. The van der Waals surface area contributed by atoms with Gasteiger partial charge in [0.15, 0.2) is 5.96 Å². The molecule has 0 saturated carbocycles. The van der Waals surface area contributed by atoms with Crippen molar-refractivity contribution in [2.75, 3.05) is 13.1 Å². The molecule has 6 heteroatoms. The zero-order valence-electron chi connectivity index (χ0n) is 7.41. The molecule has 0 amide bonds. The number of aliphatic carboxylic acids is 1. The minimum Gasteiger partial charge on any atom is -0.480 e. The second-order valence-electron chi connectivity index (χ2n) is 2.65. The monoisotopic (exact) mass is 187 g/mol. The van der Waals surface area contributed by atoms with Crippen molar-refractivity contribution in [3.05, 3.63) is 0 Å². The van der Waals surface area contributed by atoms with Gasteiger partial charge in [-0.3, -0.25) is 15.0 Å². The smallest absolute Gasteiger partial charge is 0.323 e. The number of hydrogen-bond acceptors (Lipinski definition) is 3. The van der Waals surface area contributed by atoms with Gasteiger partial charge in [-0.25, -0.2) is 0 Å². The summed E-state index contributed by atoms with van der Waals surface area (Å²) in [5.41, 5.74) is 5.11. The molecule has 0 rings (SSSR count). The number of carbonyl (C=O) groups is 2. The van der Waals surface area contributed by atoms with Gasteiger partial charge in [0.25, 0.3) is 0 Å². The summed E-state index contributed by atoms with van der Waals surface area (Å²) in [5, 5.41) is 15.4. The van der Waals surface area contributed by atoms with Crippen LogP contribution < -0.4 is 5.73 Å². The third-order valence-electron chi connectivity index (χ3n) is 1.40. The van der Waals surface area contributed by atoms with Crippen molar-refractivity contribution in [3.8, 4) is 0 Å². The molecular weight excluding hydrogens is 174 g/mol. The van der Waals surface area contributed by atoms with Gasteiger partial charge >= 0.3 is 5.97 Å². The Hall–Kier alpha value is -1.59. The van der Waals surface area contributed by atoms with Crippen LogP contribution >= 0.6 is 0 Å². The molecule has 0 atom stereocenters. The topological polar surface area (TPSA) is 107 Å². The molecule has 0 saturated heterocycles. The number of nitrogens with one attached hydrogen (secondary N) is 1. The molecule has 0 fully saturated rings. The van der Waals surface area contributed by atoms with E-state index in [-0.39, 0.29) is 31.3 Å². The Labute approximate surface area is 75.8 Å². The van der Waals surface area contributed by atoms with Gasteiger partial charge in [0, 0.05) is 13.0 Å². The van der Waals surface area contributed by atoms with Gasteiger partial charge in [0.2, 0.25) is 0 Å². The first kappa shape index (κ1) is 11.4. The van der Waals surface area contributed by atoms with Crippen molar-refractivity contribution >= 4 is 17.7 Å². The van der Waals surface area contributed by atoms with Crippen LogP contribution in [0.5, 0.6) is 0 Å². The molecule has 0 bridgehead atoms. The maximum atomic E-state index is 10.6. The molecule has 0 aliphatic rings. The van der Waals surface area contributed by atoms with Gasteiger partial charge in [0.1, 0.15) is 12.3 Å². The van der Waals surface area contributed by atoms with E-state index in [4.69, 9.17) is 16.2 Å². The summed E-state index contributed by atoms with van der Waals surface area (Å²) in [6.45, 7) is 1.23. The SMILES string of the molecule is CC(=O)CCN(CC(=O)O)C(=N)N. The summed E-state index contributed by atoms with van der Waals surface area (Å²) in [6.07, 6.45) is 0.201. The van der Waals surface area contributed by atoms with E-state index in [2.05, 4.69) is 0 Å². The number of rotatable bonds is 5. The highest BCUT2D eigenvalue weighted by Gasteiger charge is 2.10. The van der Waals surface area contributed by atoms with E-state index in [1.165, 1.54) is 6.92 Å². The molecule has 0 aliphatic heterocycles. The average molecular weight is 187 g/mol. The van der Waals surface area contributed by atoms with E-state index in [0.29, 0.717) is 0 Å². The molecule has 0 aromatic carbocycles. The highest BCUT2D eigenvalue weighted by molar-refractivity contribution is 5.81. The van der Waals surface area contributed by atoms with Crippen LogP contribution in [0.3, 0.4) is 0 Å². The number of ketones is 1. The fourth-order valence-electron chi connectivity index (χ4n) is 0.740. The van der Waals surface area contributed by atoms with Crippen LogP contribution in [0.4, 0.5) is 0 Å². The van der Waals surface area contributed by atoms with E-state index in [0.717, 1.165) is 4.90 Å². The van der Waals surface area contributed by atoms with Crippen LogP contribution in [0.15, 0.2) is 0 Å². The maximum Gasteiger partial charge on any atom is 0.323 e. The predicted octanol–water partition coefficient (Wildman–Crippen LogP) is -0.754. The lowest BCUT2D eigenvalue weighted by Gasteiger charge is -2.19. The fourth-order valence-corrected chi connectivity index (χ4v) is 0.740. The number of nitrogens with two attached hydrogens (primary N) is 1. The van der Waals surface area contributed by atoms with E-state index < -0.39 is 5.97 Å². The van der Waals surface area contributed by atoms with Crippen LogP contribution in [-0.2, 0) is 9.59 Å². The van der Waals surface area contributed by atoms with Crippen LogP contribution in [-0.4, -0.2) is 40.8 Å². The van der Waals surface area contributed by atoms with Gasteiger partial charge in [0.05, 0.1) is 0 Å². The summed E-state index contributed by atoms with van der Waals surface area (Å²) >= 11 is 0. The second kappa shape index (κ2) is 5.13. The Morgan fingerprint density at radius 1 is 1.54 bits per heavy atom.